The molecule has 0 aliphatic heterocycles. The van der Waals surface area contributed by atoms with Crippen LogP contribution in [0.1, 0.15) is 13.8 Å². The summed E-state index contributed by atoms with van der Waals surface area (Å²) >= 11 is 0. The van der Waals surface area contributed by atoms with Gasteiger partial charge in [-0.25, -0.2) is 13.1 Å². The van der Waals surface area contributed by atoms with Crippen molar-refractivity contribution in [2.45, 2.75) is 24.8 Å². The first-order valence-electron chi connectivity index (χ1n) is 5.97. The van der Waals surface area contributed by atoms with Gasteiger partial charge in [0.15, 0.2) is 0 Å². The summed E-state index contributed by atoms with van der Waals surface area (Å²) in [7, 11) is -3.58. The van der Waals surface area contributed by atoms with E-state index in [2.05, 4.69) is 4.72 Å². The number of ether oxygens (including phenoxy) is 1. The van der Waals surface area contributed by atoms with Crippen molar-refractivity contribution >= 4 is 10.0 Å². The first-order chi connectivity index (χ1) is 8.95. The lowest BCUT2D eigenvalue weighted by molar-refractivity contribution is 0.198. The van der Waals surface area contributed by atoms with Crippen LogP contribution in [-0.4, -0.2) is 32.8 Å². The molecule has 106 valence electrons. The Labute approximate surface area is 114 Å². The number of allylic oxidation sites excluding steroid dienone is 1. The first-order valence-corrected chi connectivity index (χ1v) is 7.46. The molecule has 6 heteroatoms. The van der Waals surface area contributed by atoms with Gasteiger partial charge in [-0.05, 0) is 38.1 Å². The molecule has 0 spiro atoms. The molecule has 5 nitrogen and oxygen atoms in total. The lowest BCUT2D eigenvalue weighted by Crippen LogP contribution is -2.30. The van der Waals surface area contributed by atoms with E-state index in [-0.39, 0.29) is 11.4 Å². The quantitative estimate of drug-likeness (QED) is 0.740. The SMILES string of the molecule is CC=CCOc1ccc(S(=O)(=O)NC[C@H](C)O)cc1. The van der Waals surface area contributed by atoms with Gasteiger partial charge in [0.05, 0.1) is 11.0 Å². The van der Waals surface area contributed by atoms with E-state index in [4.69, 9.17) is 9.84 Å². The fraction of sp³-hybridized carbons (Fsp3) is 0.385. The third-order valence-corrected chi connectivity index (χ3v) is 3.72. The predicted molar refractivity (Wildman–Crippen MR) is 73.6 cm³/mol. The number of sulfonamides is 1. The summed E-state index contributed by atoms with van der Waals surface area (Å²) in [6.07, 6.45) is 3.01. The highest BCUT2D eigenvalue weighted by atomic mass is 32.2. The lowest BCUT2D eigenvalue weighted by Gasteiger charge is -2.09. The summed E-state index contributed by atoms with van der Waals surface area (Å²) in [6.45, 7) is 3.85. The highest BCUT2D eigenvalue weighted by Gasteiger charge is 2.14. The molecule has 0 amide bonds. The second kappa shape index (κ2) is 7.28. The van der Waals surface area contributed by atoms with Crippen molar-refractivity contribution in [3.63, 3.8) is 0 Å². The minimum atomic E-state index is -3.58. The topological polar surface area (TPSA) is 75.6 Å². The van der Waals surface area contributed by atoms with Crippen LogP contribution in [0.4, 0.5) is 0 Å². The Balaban J connectivity index is 2.69. The number of benzene rings is 1. The van der Waals surface area contributed by atoms with Crippen LogP contribution >= 0.6 is 0 Å². The molecule has 0 bridgehead atoms. The van der Waals surface area contributed by atoms with Crippen molar-refractivity contribution < 1.29 is 18.3 Å². The largest absolute Gasteiger partial charge is 0.490 e. The summed E-state index contributed by atoms with van der Waals surface area (Å²) in [4.78, 5) is 0.145. The van der Waals surface area contributed by atoms with Crippen molar-refractivity contribution in [3.8, 4) is 5.75 Å². The van der Waals surface area contributed by atoms with E-state index in [9.17, 15) is 8.42 Å². The molecule has 1 rings (SSSR count). The van der Waals surface area contributed by atoms with E-state index in [1.54, 1.807) is 12.1 Å². The summed E-state index contributed by atoms with van der Waals surface area (Å²) in [5, 5.41) is 9.07. The molecule has 0 aliphatic rings. The van der Waals surface area contributed by atoms with E-state index < -0.39 is 16.1 Å². The van der Waals surface area contributed by atoms with E-state index >= 15 is 0 Å². The van der Waals surface area contributed by atoms with Crippen LogP contribution in [0.15, 0.2) is 41.3 Å². The van der Waals surface area contributed by atoms with Crippen LogP contribution < -0.4 is 9.46 Å². The maximum atomic E-state index is 11.8. The van der Waals surface area contributed by atoms with Gasteiger partial charge in [0, 0.05) is 6.54 Å². The monoisotopic (exact) mass is 285 g/mol. The van der Waals surface area contributed by atoms with Crippen LogP contribution in [0.2, 0.25) is 0 Å². The molecule has 0 saturated carbocycles. The molecule has 0 aliphatic carbocycles. The number of aliphatic hydroxyl groups is 1. The van der Waals surface area contributed by atoms with Gasteiger partial charge in [-0.2, -0.15) is 0 Å². The first kappa shape index (κ1) is 15.7. The summed E-state index contributed by atoms with van der Waals surface area (Å²) in [5.74, 6) is 0.604. The zero-order chi connectivity index (χ0) is 14.3. The molecule has 0 heterocycles. The van der Waals surface area contributed by atoms with Crippen molar-refractivity contribution in [2.75, 3.05) is 13.2 Å². The van der Waals surface area contributed by atoms with Crippen molar-refractivity contribution in [1.29, 1.82) is 0 Å². The third-order valence-electron chi connectivity index (χ3n) is 2.28. The molecule has 1 atom stereocenters. The zero-order valence-corrected chi connectivity index (χ0v) is 11.9. The fourth-order valence-electron chi connectivity index (χ4n) is 1.27. The average Bonchev–Trinajstić information content (AvgIpc) is 2.37. The van der Waals surface area contributed by atoms with Crippen LogP contribution in [0.25, 0.3) is 0 Å². The van der Waals surface area contributed by atoms with Gasteiger partial charge in [0.1, 0.15) is 12.4 Å². The fourth-order valence-corrected chi connectivity index (χ4v) is 2.39. The van der Waals surface area contributed by atoms with E-state index in [1.807, 2.05) is 19.1 Å². The molecule has 0 unspecified atom stereocenters. The Morgan fingerprint density at radius 1 is 1.37 bits per heavy atom. The molecule has 0 radical (unpaired) electrons. The minimum Gasteiger partial charge on any atom is -0.490 e. The molecular weight excluding hydrogens is 266 g/mol. The Morgan fingerprint density at radius 3 is 2.53 bits per heavy atom. The van der Waals surface area contributed by atoms with Gasteiger partial charge in [-0.15, -0.1) is 0 Å². The third kappa shape index (κ3) is 5.42. The van der Waals surface area contributed by atoms with Gasteiger partial charge in [0.2, 0.25) is 10.0 Å². The van der Waals surface area contributed by atoms with Crippen molar-refractivity contribution in [2.24, 2.45) is 0 Å². The second-order valence-corrected chi connectivity index (χ2v) is 5.82. The molecule has 0 saturated heterocycles. The Morgan fingerprint density at radius 2 is 2.00 bits per heavy atom. The van der Waals surface area contributed by atoms with Crippen LogP contribution in [-0.2, 0) is 10.0 Å². The number of aliphatic hydroxyl groups excluding tert-OH is 1. The lowest BCUT2D eigenvalue weighted by atomic mass is 10.3. The van der Waals surface area contributed by atoms with Gasteiger partial charge in [-0.1, -0.05) is 12.2 Å². The maximum Gasteiger partial charge on any atom is 0.240 e. The van der Waals surface area contributed by atoms with Crippen LogP contribution in [0, 0.1) is 0 Å². The van der Waals surface area contributed by atoms with Gasteiger partial charge < -0.3 is 9.84 Å². The second-order valence-electron chi connectivity index (χ2n) is 4.05. The summed E-state index contributed by atoms with van der Waals surface area (Å²) in [5.41, 5.74) is 0. The zero-order valence-electron chi connectivity index (χ0n) is 11.0. The molecule has 19 heavy (non-hydrogen) atoms. The maximum absolute atomic E-state index is 11.8. The summed E-state index contributed by atoms with van der Waals surface area (Å²) in [6, 6.07) is 6.13. The van der Waals surface area contributed by atoms with E-state index in [0.717, 1.165) is 0 Å². The number of hydrogen-bond acceptors (Lipinski definition) is 4. The Kier molecular flexibility index (Phi) is 6.01. The van der Waals surface area contributed by atoms with Gasteiger partial charge in [0.25, 0.3) is 0 Å². The smallest absolute Gasteiger partial charge is 0.240 e. The number of nitrogens with one attached hydrogen (secondary N) is 1. The molecular formula is C13H19NO4S. The molecule has 1 aromatic rings. The minimum absolute atomic E-state index is 0.0120. The molecule has 2 N–H and O–H groups in total. The standard InChI is InChI=1S/C13H19NO4S/c1-3-4-9-18-12-5-7-13(8-6-12)19(16,17)14-10-11(2)15/h3-8,11,14-15H,9-10H2,1-2H3/t11-/m0/s1. The molecule has 0 fully saturated rings. The highest BCUT2D eigenvalue weighted by Crippen LogP contribution is 2.15. The normalized spacial score (nSPS) is 13.6. The van der Waals surface area contributed by atoms with Gasteiger partial charge >= 0.3 is 0 Å². The number of rotatable bonds is 7. The van der Waals surface area contributed by atoms with Crippen molar-refractivity contribution in [1.82, 2.24) is 4.72 Å². The van der Waals surface area contributed by atoms with Crippen molar-refractivity contribution in [3.05, 3.63) is 36.4 Å². The average molecular weight is 285 g/mol. The number of hydrogen-bond donors (Lipinski definition) is 2. The van der Waals surface area contributed by atoms with E-state index in [1.165, 1.54) is 19.1 Å². The molecule has 1 aromatic carbocycles. The highest BCUT2D eigenvalue weighted by molar-refractivity contribution is 7.89. The van der Waals surface area contributed by atoms with Gasteiger partial charge in [-0.3, -0.25) is 0 Å². The summed E-state index contributed by atoms with van der Waals surface area (Å²) < 4.78 is 31.4. The Hall–Kier alpha value is -1.37. The Bertz CT molecular complexity index is 506. The van der Waals surface area contributed by atoms with Crippen LogP contribution in [0.3, 0.4) is 0 Å². The van der Waals surface area contributed by atoms with E-state index in [0.29, 0.717) is 12.4 Å². The predicted octanol–water partition coefficient (Wildman–Crippen LogP) is 1.30. The molecule has 0 aromatic heterocycles. The van der Waals surface area contributed by atoms with Crippen LogP contribution in [0.5, 0.6) is 5.75 Å².